The molecule has 0 rings (SSSR count). The van der Waals surface area contributed by atoms with Gasteiger partial charge in [0.25, 0.3) is 0 Å². The number of hydrogen-bond donors (Lipinski definition) is 3. The molecule has 0 saturated heterocycles. The average Bonchev–Trinajstić information content (AvgIpc) is 2.48. The van der Waals surface area contributed by atoms with Crippen LogP contribution >= 0.6 is 0 Å². The Hall–Kier alpha value is -2.48. The lowest BCUT2D eigenvalue weighted by atomic mass is 10.2. The van der Waals surface area contributed by atoms with Crippen molar-refractivity contribution in [2.75, 3.05) is 13.7 Å². The van der Waals surface area contributed by atoms with Gasteiger partial charge in [0.05, 0.1) is 7.05 Å². The van der Waals surface area contributed by atoms with Gasteiger partial charge in [-0.3, -0.25) is 9.63 Å². The molecular weight excluding hydrogens is 274 g/mol. The molecule has 3 N–H and O–H groups in total. The van der Waals surface area contributed by atoms with E-state index in [4.69, 9.17) is 4.84 Å². The molecule has 0 spiro atoms. The minimum atomic E-state index is -0.550. The fraction of sp³-hybridized carbons (Fsp3) is 0.385. The highest BCUT2D eigenvalue weighted by Crippen LogP contribution is 2.07. The lowest BCUT2D eigenvalue weighted by Gasteiger charge is -2.13. The van der Waals surface area contributed by atoms with Crippen molar-refractivity contribution in [3.8, 4) is 0 Å². The van der Waals surface area contributed by atoms with Gasteiger partial charge in [-0.05, 0) is 18.6 Å². The van der Waals surface area contributed by atoms with Crippen LogP contribution in [0.25, 0.3) is 0 Å². The van der Waals surface area contributed by atoms with E-state index in [9.17, 15) is 9.59 Å². The Balaban J connectivity index is 4.67. The quantitative estimate of drug-likeness (QED) is 0.361. The summed E-state index contributed by atoms with van der Waals surface area (Å²) in [6.07, 6.45) is 5.19. The van der Waals surface area contributed by atoms with Gasteiger partial charge >= 0.3 is 6.03 Å². The average molecular weight is 295 g/mol. The molecule has 0 aliphatic rings. The first-order valence-corrected chi connectivity index (χ1v) is 6.33. The minimum absolute atomic E-state index is 0.0947. The van der Waals surface area contributed by atoms with Gasteiger partial charge in [0.1, 0.15) is 6.61 Å². The number of nitrogens with zero attached hydrogens (tertiary/aromatic N) is 2. The summed E-state index contributed by atoms with van der Waals surface area (Å²) >= 11 is 0. The zero-order chi connectivity index (χ0) is 16.1. The lowest BCUT2D eigenvalue weighted by Crippen LogP contribution is -2.33. The number of amides is 3. The third-order valence-corrected chi connectivity index (χ3v) is 2.21. The molecule has 0 atom stereocenters. The third kappa shape index (κ3) is 8.32. The van der Waals surface area contributed by atoms with E-state index in [-0.39, 0.29) is 12.5 Å². The first-order chi connectivity index (χ1) is 10.1. The van der Waals surface area contributed by atoms with Gasteiger partial charge in [0.15, 0.2) is 0 Å². The van der Waals surface area contributed by atoms with Crippen LogP contribution in [0.4, 0.5) is 4.79 Å². The summed E-state index contributed by atoms with van der Waals surface area (Å²) in [5.74, 6) is -0.228. The molecule has 3 amide bonds. The summed E-state index contributed by atoms with van der Waals surface area (Å²) in [4.78, 5) is 27.7. The van der Waals surface area contributed by atoms with Crippen LogP contribution in [-0.2, 0) is 9.63 Å². The first-order valence-electron chi connectivity index (χ1n) is 6.33. The topological polar surface area (TPSA) is 104 Å². The summed E-state index contributed by atoms with van der Waals surface area (Å²) in [5, 5.41) is 9.35. The highest BCUT2D eigenvalue weighted by atomic mass is 16.6. The van der Waals surface area contributed by atoms with Crippen LogP contribution in [0.1, 0.15) is 20.3 Å². The van der Waals surface area contributed by atoms with Crippen molar-refractivity contribution in [2.45, 2.75) is 20.3 Å². The van der Waals surface area contributed by atoms with Crippen LogP contribution < -0.4 is 16.2 Å². The van der Waals surface area contributed by atoms with Gasteiger partial charge in [0, 0.05) is 12.1 Å². The predicted molar refractivity (Wildman–Crippen MR) is 78.9 cm³/mol. The molecule has 8 heteroatoms. The molecule has 116 valence electrons. The number of hydroxylamine groups is 1. The van der Waals surface area contributed by atoms with Gasteiger partial charge < -0.3 is 5.32 Å². The summed E-state index contributed by atoms with van der Waals surface area (Å²) in [6.45, 7) is 7.17. The van der Waals surface area contributed by atoms with Crippen LogP contribution in [0.5, 0.6) is 0 Å². The van der Waals surface area contributed by atoms with Gasteiger partial charge in [-0.25, -0.2) is 15.7 Å². The van der Waals surface area contributed by atoms with Crippen molar-refractivity contribution < 1.29 is 14.4 Å². The number of rotatable bonds is 8. The molecule has 0 radical (unpaired) electrons. The van der Waals surface area contributed by atoms with E-state index in [0.717, 1.165) is 0 Å². The second-order valence-electron chi connectivity index (χ2n) is 3.66. The Morgan fingerprint density at radius 3 is 2.62 bits per heavy atom. The van der Waals surface area contributed by atoms with Crippen LogP contribution in [0.2, 0.25) is 0 Å². The minimum Gasteiger partial charge on any atom is -0.306 e. The molecule has 8 nitrogen and oxygen atoms in total. The fourth-order valence-electron chi connectivity index (χ4n) is 1.18. The fourth-order valence-corrected chi connectivity index (χ4v) is 1.18. The van der Waals surface area contributed by atoms with Crippen molar-refractivity contribution in [3.05, 3.63) is 36.1 Å². The van der Waals surface area contributed by atoms with E-state index in [0.29, 0.717) is 17.7 Å². The van der Waals surface area contributed by atoms with Gasteiger partial charge in [0.2, 0.25) is 5.91 Å². The summed E-state index contributed by atoms with van der Waals surface area (Å²) in [6, 6.07) is -0.550. The summed E-state index contributed by atoms with van der Waals surface area (Å²) in [7, 11) is 1.43. The molecule has 0 fully saturated rings. The first kappa shape index (κ1) is 18.5. The monoisotopic (exact) mass is 295 g/mol. The van der Waals surface area contributed by atoms with Crippen molar-refractivity contribution >= 4 is 11.9 Å². The van der Waals surface area contributed by atoms with E-state index >= 15 is 0 Å². The smallest absolute Gasteiger partial charge is 0.306 e. The number of urea groups is 1. The van der Waals surface area contributed by atoms with E-state index < -0.39 is 6.03 Å². The molecule has 0 aromatic rings. The summed E-state index contributed by atoms with van der Waals surface area (Å²) < 4.78 is 0. The molecule has 0 aliphatic heterocycles. The maximum absolute atomic E-state index is 11.5. The molecule has 0 saturated carbocycles. The van der Waals surface area contributed by atoms with Gasteiger partial charge in [-0.2, -0.15) is 5.11 Å². The highest BCUT2D eigenvalue weighted by molar-refractivity contribution is 5.76. The molecule has 0 aliphatic carbocycles. The van der Waals surface area contributed by atoms with Crippen molar-refractivity contribution in [2.24, 2.45) is 10.3 Å². The predicted octanol–water partition coefficient (Wildman–Crippen LogP) is 1.76. The van der Waals surface area contributed by atoms with Crippen LogP contribution in [-0.4, -0.2) is 25.6 Å². The molecule has 0 heterocycles. The molecule has 0 bridgehead atoms. The SMILES string of the molecule is C=C/C=C(NC(=O)NN=NC)\C(=C\C)CONC(=O)CC. The maximum Gasteiger partial charge on any atom is 0.341 e. The van der Waals surface area contributed by atoms with E-state index in [2.05, 4.69) is 33.1 Å². The Bertz CT molecular complexity index is 455. The normalized spacial score (nSPS) is 12.1. The van der Waals surface area contributed by atoms with Crippen molar-refractivity contribution in [3.63, 3.8) is 0 Å². The lowest BCUT2D eigenvalue weighted by molar-refractivity contribution is -0.132. The van der Waals surface area contributed by atoms with Crippen molar-refractivity contribution in [1.82, 2.24) is 16.2 Å². The number of allylic oxidation sites excluding steroid dienone is 3. The summed E-state index contributed by atoms with van der Waals surface area (Å²) in [5.41, 5.74) is 5.60. The zero-order valence-electron chi connectivity index (χ0n) is 12.5. The van der Waals surface area contributed by atoms with Crippen LogP contribution in [0.3, 0.4) is 0 Å². The zero-order valence-corrected chi connectivity index (χ0v) is 12.5. The molecule has 21 heavy (non-hydrogen) atoms. The number of nitrogens with one attached hydrogen (secondary N) is 3. The van der Waals surface area contributed by atoms with Crippen molar-refractivity contribution in [1.29, 1.82) is 0 Å². The Morgan fingerprint density at radius 1 is 1.38 bits per heavy atom. The van der Waals surface area contributed by atoms with Gasteiger partial charge in [-0.15, -0.1) is 0 Å². The van der Waals surface area contributed by atoms with E-state index in [1.165, 1.54) is 13.1 Å². The molecule has 0 aromatic heterocycles. The third-order valence-electron chi connectivity index (χ3n) is 2.21. The van der Waals surface area contributed by atoms with E-state index in [1.54, 1.807) is 26.0 Å². The highest BCUT2D eigenvalue weighted by Gasteiger charge is 2.09. The molecule has 0 aromatic carbocycles. The number of carbonyl (C=O) groups is 2. The van der Waals surface area contributed by atoms with Crippen LogP contribution in [0, 0.1) is 0 Å². The second-order valence-corrected chi connectivity index (χ2v) is 3.66. The number of carbonyl (C=O) groups excluding carboxylic acids is 2. The van der Waals surface area contributed by atoms with Crippen LogP contribution in [0.15, 0.2) is 46.4 Å². The Morgan fingerprint density at radius 2 is 2.10 bits per heavy atom. The van der Waals surface area contributed by atoms with E-state index in [1.807, 2.05) is 0 Å². The molecule has 0 unspecified atom stereocenters. The largest absolute Gasteiger partial charge is 0.341 e. The second kappa shape index (κ2) is 11.4. The Labute approximate surface area is 124 Å². The van der Waals surface area contributed by atoms with Gasteiger partial charge in [-0.1, -0.05) is 30.9 Å². The maximum atomic E-state index is 11.5. The number of hydrogen-bond acceptors (Lipinski definition) is 5. The standard InChI is InChI=1S/C13H21N5O3/c1-5-8-11(15-13(20)16-18-14-4)10(6-2)9-21-17-12(19)7-3/h5-6,8H,1,7,9H2,2-4H3,(H,17,19)(H2,14,15,16,20)/b10-6+,11-8+. The molecular formula is C13H21N5O3. The Kier molecular flexibility index (Phi) is 10.0.